The summed E-state index contributed by atoms with van der Waals surface area (Å²) in [7, 11) is -2.07. The number of benzene rings is 2. The van der Waals surface area contributed by atoms with E-state index in [-0.39, 0.29) is 10.8 Å². The number of amides is 1. The molecule has 35 heavy (non-hydrogen) atoms. The number of rotatable bonds is 7. The van der Waals surface area contributed by atoms with Crippen LogP contribution in [0.25, 0.3) is 0 Å². The van der Waals surface area contributed by atoms with Crippen molar-refractivity contribution in [2.75, 3.05) is 7.05 Å². The van der Waals surface area contributed by atoms with Gasteiger partial charge in [0.25, 0.3) is 5.91 Å². The molecule has 7 nitrogen and oxygen atoms in total. The van der Waals surface area contributed by atoms with E-state index in [1.54, 1.807) is 30.1 Å². The van der Waals surface area contributed by atoms with E-state index in [0.29, 0.717) is 30.0 Å². The van der Waals surface area contributed by atoms with Crippen LogP contribution in [0.5, 0.6) is 5.88 Å². The molecule has 0 unspecified atom stereocenters. The van der Waals surface area contributed by atoms with Gasteiger partial charge in [-0.15, -0.1) is 0 Å². The summed E-state index contributed by atoms with van der Waals surface area (Å²) >= 11 is 0. The molecule has 0 fully saturated rings. The van der Waals surface area contributed by atoms with Crippen molar-refractivity contribution in [1.82, 2.24) is 14.6 Å². The van der Waals surface area contributed by atoms with E-state index < -0.39 is 21.7 Å². The Balaban J connectivity index is 1.62. The standard InChI is InChI=1S/C27H31N3O4S/c1-5-19-11-13-22(14-12-19)35(32,33)29-24-16-27(2,3)34-25-23(24)15-21(17-28-25)26(31)30(4)18-20-9-7-6-8-10-20/h6-15,17,24,29H,5,16,18H2,1-4H3/t24-/m0/s1. The summed E-state index contributed by atoms with van der Waals surface area (Å²) in [6, 6.07) is 17.7. The van der Waals surface area contributed by atoms with Gasteiger partial charge in [-0.25, -0.2) is 18.1 Å². The minimum atomic E-state index is -3.80. The van der Waals surface area contributed by atoms with Crippen LogP contribution in [-0.4, -0.2) is 36.9 Å². The van der Waals surface area contributed by atoms with Gasteiger partial charge in [-0.3, -0.25) is 4.79 Å². The number of aryl methyl sites for hydroxylation is 1. The monoisotopic (exact) mass is 493 g/mol. The summed E-state index contributed by atoms with van der Waals surface area (Å²) in [5, 5.41) is 0. The van der Waals surface area contributed by atoms with Gasteiger partial charge in [-0.2, -0.15) is 0 Å². The Morgan fingerprint density at radius 3 is 2.46 bits per heavy atom. The molecule has 1 amide bonds. The zero-order chi connectivity index (χ0) is 25.2. The van der Waals surface area contributed by atoms with Crippen molar-refractivity contribution in [1.29, 1.82) is 0 Å². The lowest BCUT2D eigenvalue weighted by atomic mass is 9.91. The minimum Gasteiger partial charge on any atom is -0.471 e. The minimum absolute atomic E-state index is 0.198. The smallest absolute Gasteiger partial charge is 0.255 e. The fourth-order valence-corrected chi connectivity index (χ4v) is 5.46. The third-order valence-corrected chi connectivity index (χ3v) is 7.61. The van der Waals surface area contributed by atoms with Gasteiger partial charge in [-0.1, -0.05) is 49.4 Å². The molecule has 1 N–H and O–H groups in total. The van der Waals surface area contributed by atoms with E-state index in [0.717, 1.165) is 17.5 Å². The molecule has 4 rings (SSSR count). The van der Waals surface area contributed by atoms with Gasteiger partial charge in [0.15, 0.2) is 0 Å². The van der Waals surface area contributed by atoms with Crippen LogP contribution in [0.3, 0.4) is 0 Å². The van der Waals surface area contributed by atoms with Crippen LogP contribution in [0, 0.1) is 0 Å². The molecule has 1 aliphatic heterocycles. The number of fused-ring (bicyclic) bond motifs is 1. The van der Waals surface area contributed by atoms with Gasteiger partial charge in [0.2, 0.25) is 15.9 Å². The SMILES string of the molecule is CCc1ccc(S(=O)(=O)N[C@H]2CC(C)(C)Oc3ncc(C(=O)N(C)Cc4ccccc4)cc32)cc1. The van der Waals surface area contributed by atoms with Gasteiger partial charge in [-0.05, 0) is 49.6 Å². The van der Waals surface area contributed by atoms with Gasteiger partial charge in [0.05, 0.1) is 16.5 Å². The summed E-state index contributed by atoms with van der Waals surface area (Å²) in [5.41, 5.74) is 2.38. The first-order chi connectivity index (χ1) is 16.6. The molecular formula is C27H31N3O4S. The number of nitrogens with zero attached hydrogens (tertiary/aromatic N) is 2. The van der Waals surface area contributed by atoms with Crippen LogP contribution in [-0.2, 0) is 23.0 Å². The number of ether oxygens (including phenoxy) is 1. The number of hydrogen-bond donors (Lipinski definition) is 1. The van der Waals surface area contributed by atoms with Gasteiger partial charge in [0.1, 0.15) is 5.60 Å². The number of carbonyl (C=O) groups excluding carboxylic acids is 1. The number of pyridine rings is 1. The molecule has 2 heterocycles. The van der Waals surface area contributed by atoms with E-state index in [1.807, 2.05) is 63.2 Å². The van der Waals surface area contributed by atoms with E-state index in [2.05, 4.69) is 9.71 Å². The van der Waals surface area contributed by atoms with Crippen molar-refractivity contribution in [2.24, 2.45) is 0 Å². The molecule has 0 spiro atoms. The lowest BCUT2D eigenvalue weighted by molar-refractivity contribution is 0.0638. The average molecular weight is 494 g/mol. The fourth-order valence-electron chi connectivity index (χ4n) is 4.24. The lowest BCUT2D eigenvalue weighted by Gasteiger charge is -2.37. The molecule has 1 atom stereocenters. The highest BCUT2D eigenvalue weighted by Gasteiger charge is 2.37. The zero-order valence-corrected chi connectivity index (χ0v) is 21.3. The first-order valence-corrected chi connectivity index (χ1v) is 13.2. The predicted octanol–water partition coefficient (Wildman–Crippen LogP) is 4.50. The second-order valence-electron chi connectivity index (χ2n) is 9.50. The first kappa shape index (κ1) is 24.9. The van der Waals surface area contributed by atoms with Crippen molar-refractivity contribution in [3.05, 3.63) is 89.1 Å². The Kier molecular flexibility index (Phi) is 6.96. The molecule has 184 valence electrons. The maximum absolute atomic E-state index is 13.2. The largest absolute Gasteiger partial charge is 0.471 e. The highest BCUT2D eigenvalue weighted by atomic mass is 32.2. The van der Waals surface area contributed by atoms with Crippen molar-refractivity contribution in [3.8, 4) is 5.88 Å². The quantitative estimate of drug-likeness (QED) is 0.524. The fraction of sp³-hybridized carbons (Fsp3) is 0.333. The third-order valence-electron chi connectivity index (χ3n) is 6.12. The number of carbonyl (C=O) groups is 1. The Labute approximate surface area is 207 Å². The Morgan fingerprint density at radius 2 is 1.80 bits per heavy atom. The van der Waals surface area contributed by atoms with Crippen LogP contribution in [0.4, 0.5) is 0 Å². The Morgan fingerprint density at radius 1 is 1.11 bits per heavy atom. The number of sulfonamides is 1. The van der Waals surface area contributed by atoms with Crippen molar-refractivity contribution < 1.29 is 17.9 Å². The maximum Gasteiger partial charge on any atom is 0.255 e. The molecule has 0 radical (unpaired) electrons. The van der Waals surface area contributed by atoms with Gasteiger partial charge >= 0.3 is 0 Å². The molecule has 1 aromatic heterocycles. The first-order valence-electron chi connectivity index (χ1n) is 11.7. The molecule has 1 aliphatic rings. The average Bonchev–Trinajstić information content (AvgIpc) is 2.83. The summed E-state index contributed by atoms with van der Waals surface area (Å²) in [4.78, 5) is 19.3. The van der Waals surface area contributed by atoms with Crippen LogP contribution in [0.1, 0.15) is 60.3 Å². The van der Waals surface area contributed by atoms with Crippen molar-refractivity contribution in [3.63, 3.8) is 0 Å². The van der Waals surface area contributed by atoms with Gasteiger partial charge in [0, 0.05) is 31.8 Å². The number of hydrogen-bond acceptors (Lipinski definition) is 5. The van der Waals surface area contributed by atoms with E-state index in [9.17, 15) is 13.2 Å². The summed E-state index contributed by atoms with van der Waals surface area (Å²) < 4.78 is 35.3. The zero-order valence-electron chi connectivity index (χ0n) is 20.5. The topological polar surface area (TPSA) is 88.6 Å². The summed E-state index contributed by atoms with van der Waals surface area (Å²) in [6.45, 7) is 6.25. The lowest BCUT2D eigenvalue weighted by Crippen LogP contribution is -2.41. The normalized spacial score (nSPS) is 16.7. The summed E-state index contributed by atoms with van der Waals surface area (Å²) in [5.74, 6) is 0.128. The Hall–Kier alpha value is -3.23. The molecule has 2 aromatic carbocycles. The van der Waals surface area contributed by atoms with Gasteiger partial charge < -0.3 is 9.64 Å². The molecule has 3 aromatic rings. The highest BCUT2D eigenvalue weighted by molar-refractivity contribution is 7.89. The number of nitrogens with one attached hydrogen (secondary N) is 1. The van der Waals surface area contributed by atoms with Crippen molar-refractivity contribution in [2.45, 2.75) is 56.7 Å². The van der Waals surface area contributed by atoms with E-state index >= 15 is 0 Å². The third kappa shape index (κ3) is 5.71. The second kappa shape index (κ2) is 9.79. The van der Waals surface area contributed by atoms with E-state index in [1.165, 1.54) is 6.20 Å². The highest BCUT2D eigenvalue weighted by Crippen LogP contribution is 2.39. The van der Waals surface area contributed by atoms with Crippen LogP contribution in [0.2, 0.25) is 0 Å². The van der Waals surface area contributed by atoms with Crippen LogP contribution >= 0.6 is 0 Å². The van der Waals surface area contributed by atoms with E-state index in [4.69, 9.17) is 4.74 Å². The number of aromatic nitrogens is 1. The molecule has 0 bridgehead atoms. The van der Waals surface area contributed by atoms with Crippen LogP contribution < -0.4 is 9.46 Å². The predicted molar refractivity (Wildman–Crippen MR) is 135 cm³/mol. The molecular weight excluding hydrogens is 462 g/mol. The molecule has 0 aliphatic carbocycles. The molecule has 0 saturated heterocycles. The maximum atomic E-state index is 13.2. The molecule has 8 heteroatoms. The second-order valence-corrected chi connectivity index (χ2v) is 11.2. The van der Waals surface area contributed by atoms with Crippen LogP contribution in [0.15, 0.2) is 71.8 Å². The Bertz CT molecular complexity index is 1310. The molecule has 0 saturated carbocycles. The summed E-state index contributed by atoms with van der Waals surface area (Å²) in [6.07, 6.45) is 2.71. The van der Waals surface area contributed by atoms with Crippen molar-refractivity contribution >= 4 is 15.9 Å².